The molecular formula is C23H25ClN2O4. The van der Waals surface area contributed by atoms with Gasteiger partial charge in [0.2, 0.25) is 0 Å². The van der Waals surface area contributed by atoms with E-state index in [1.807, 2.05) is 52.0 Å². The van der Waals surface area contributed by atoms with Crippen LogP contribution in [0.2, 0.25) is 5.02 Å². The van der Waals surface area contributed by atoms with Crippen molar-refractivity contribution in [2.24, 2.45) is 0 Å². The second-order valence-electron chi connectivity index (χ2n) is 8.60. The highest BCUT2D eigenvalue weighted by Gasteiger charge is 2.42. The van der Waals surface area contributed by atoms with Gasteiger partial charge in [0.1, 0.15) is 11.3 Å². The van der Waals surface area contributed by atoms with E-state index in [9.17, 15) is 4.79 Å². The Morgan fingerprint density at radius 3 is 2.70 bits per heavy atom. The van der Waals surface area contributed by atoms with Crippen LogP contribution in [0.5, 0.6) is 11.5 Å². The van der Waals surface area contributed by atoms with Gasteiger partial charge in [-0.05, 0) is 45.4 Å². The first-order valence-electron chi connectivity index (χ1n) is 9.95. The van der Waals surface area contributed by atoms with Crippen LogP contribution in [0.15, 0.2) is 48.8 Å². The minimum Gasteiger partial charge on any atom is -0.443 e. The third-order valence-electron chi connectivity index (χ3n) is 5.01. The van der Waals surface area contributed by atoms with Gasteiger partial charge >= 0.3 is 6.09 Å². The monoisotopic (exact) mass is 428 g/mol. The van der Waals surface area contributed by atoms with Gasteiger partial charge in [0.25, 0.3) is 5.79 Å². The predicted octanol–water partition coefficient (Wildman–Crippen LogP) is 5.62. The molecule has 2 atom stereocenters. The molecule has 0 aliphatic carbocycles. The zero-order valence-corrected chi connectivity index (χ0v) is 18.3. The van der Waals surface area contributed by atoms with Crippen molar-refractivity contribution in [3.63, 3.8) is 0 Å². The standard InChI is InChI=1S/C23H25ClN2O4/c1-22(2,3)30-21(27)26-12-10-15(11-13-26)17-6-5-7-18-20(17)29-23(4,28-18)19-9-8-16(24)14-25-19/h5-10,12,14-15H,11,13H2,1-4H3/t15-,23+/m1/s1. The summed E-state index contributed by atoms with van der Waals surface area (Å²) in [5.41, 5.74) is 1.14. The van der Waals surface area contributed by atoms with E-state index in [0.717, 1.165) is 12.0 Å². The Balaban J connectivity index is 1.54. The summed E-state index contributed by atoms with van der Waals surface area (Å²) in [5, 5.41) is 0.556. The molecule has 158 valence electrons. The number of fused-ring (bicyclic) bond motifs is 1. The lowest BCUT2D eigenvalue weighted by molar-refractivity contribution is -0.0721. The van der Waals surface area contributed by atoms with Gasteiger partial charge in [-0.15, -0.1) is 0 Å². The number of hydrogen-bond acceptors (Lipinski definition) is 5. The maximum Gasteiger partial charge on any atom is 0.414 e. The first-order valence-corrected chi connectivity index (χ1v) is 10.3. The molecule has 0 fully saturated rings. The number of carbonyl (C=O) groups excluding carboxylic acids is 1. The summed E-state index contributed by atoms with van der Waals surface area (Å²) < 4.78 is 17.9. The van der Waals surface area contributed by atoms with Crippen molar-refractivity contribution in [2.75, 3.05) is 6.54 Å². The second kappa shape index (κ2) is 7.51. The van der Waals surface area contributed by atoms with E-state index in [4.69, 9.17) is 25.8 Å². The molecule has 2 aliphatic heterocycles. The SMILES string of the molecule is CC(C)(C)OC(=O)N1C=C[C@@H](c2cccc3c2O[C@@](C)(c2ccc(Cl)cn2)O3)CC1. The number of hydrogen-bond donors (Lipinski definition) is 0. The van der Waals surface area contributed by atoms with E-state index < -0.39 is 11.4 Å². The van der Waals surface area contributed by atoms with Crippen molar-refractivity contribution in [3.8, 4) is 11.5 Å². The number of pyridine rings is 1. The minimum absolute atomic E-state index is 0.0998. The van der Waals surface area contributed by atoms with Crippen molar-refractivity contribution >= 4 is 17.7 Å². The molecule has 1 amide bonds. The zero-order chi connectivity index (χ0) is 21.5. The van der Waals surface area contributed by atoms with Gasteiger partial charge in [-0.25, -0.2) is 4.79 Å². The van der Waals surface area contributed by atoms with Crippen molar-refractivity contribution in [2.45, 2.75) is 51.4 Å². The quantitative estimate of drug-likeness (QED) is 0.621. The molecule has 0 spiro atoms. The highest BCUT2D eigenvalue weighted by molar-refractivity contribution is 6.30. The summed E-state index contributed by atoms with van der Waals surface area (Å²) in [6, 6.07) is 9.43. The molecule has 0 N–H and O–H groups in total. The number of allylic oxidation sites excluding steroid dienone is 1. The third-order valence-corrected chi connectivity index (χ3v) is 5.23. The first-order chi connectivity index (χ1) is 14.1. The highest BCUT2D eigenvalue weighted by Crippen LogP contribution is 2.48. The van der Waals surface area contributed by atoms with Crippen LogP contribution in [0.1, 0.15) is 51.3 Å². The average Bonchev–Trinajstić information content (AvgIpc) is 3.04. The molecule has 0 saturated carbocycles. The van der Waals surface area contributed by atoms with Crippen molar-refractivity contribution in [1.29, 1.82) is 0 Å². The van der Waals surface area contributed by atoms with Gasteiger partial charge in [-0.1, -0.05) is 29.8 Å². The predicted molar refractivity (Wildman–Crippen MR) is 114 cm³/mol. The molecule has 4 rings (SSSR count). The number of amides is 1. The Kier molecular flexibility index (Phi) is 5.14. The molecule has 0 unspecified atom stereocenters. The number of benzene rings is 1. The van der Waals surface area contributed by atoms with Crippen LogP contribution in [0.25, 0.3) is 0 Å². The zero-order valence-electron chi connectivity index (χ0n) is 17.5. The minimum atomic E-state index is -1.02. The molecule has 0 saturated heterocycles. The number of para-hydroxylation sites is 1. The fraction of sp³-hybridized carbons (Fsp3) is 0.391. The van der Waals surface area contributed by atoms with Crippen LogP contribution in [0.4, 0.5) is 4.79 Å². The van der Waals surface area contributed by atoms with Crippen molar-refractivity contribution in [1.82, 2.24) is 9.88 Å². The first kappa shape index (κ1) is 20.5. The second-order valence-corrected chi connectivity index (χ2v) is 9.03. The van der Waals surface area contributed by atoms with E-state index >= 15 is 0 Å². The molecular weight excluding hydrogens is 404 g/mol. The van der Waals surface area contributed by atoms with Crippen LogP contribution in [0, 0.1) is 0 Å². The average molecular weight is 429 g/mol. The molecule has 2 aliphatic rings. The molecule has 7 heteroatoms. The smallest absolute Gasteiger partial charge is 0.414 e. The van der Waals surface area contributed by atoms with Gasteiger partial charge in [0.05, 0.1) is 5.02 Å². The topological polar surface area (TPSA) is 60.9 Å². The summed E-state index contributed by atoms with van der Waals surface area (Å²) in [6.45, 7) is 7.99. The summed E-state index contributed by atoms with van der Waals surface area (Å²) in [5.74, 6) is 0.457. The Morgan fingerprint density at radius 1 is 1.27 bits per heavy atom. The van der Waals surface area contributed by atoms with Gasteiger partial charge in [0.15, 0.2) is 11.5 Å². The largest absolute Gasteiger partial charge is 0.443 e. The maximum absolute atomic E-state index is 12.3. The molecule has 6 nitrogen and oxygen atoms in total. The number of rotatable bonds is 2. The van der Waals surface area contributed by atoms with Crippen molar-refractivity contribution in [3.05, 3.63) is 65.1 Å². The Hall–Kier alpha value is -2.73. The van der Waals surface area contributed by atoms with Crippen LogP contribution < -0.4 is 9.47 Å². The summed E-state index contributed by atoms with van der Waals surface area (Å²) in [6.07, 6.45) is 5.79. The highest BCUT2D eigenvalue weighted by atomic mass is 35.5. The fourth-order valence-electron chi connectivity index (χ4n) is 3.58. The number of nitrogens with zero attached hydrogens (tertiary/aromatic N) is 2. The molecule has 1 aromatic heterocycles. The third kappa shape index (κ3) is 4.10. The molecule has 2 aromatic rings. The molecule has 30 heavy (non-hydrogen) atoms. The van der Waals surface area contributed by atoms with Crippen LogP contribution in [-0.4, -0.2) is 28.1 Å². The van der Waals surface area contributed by atoms with Crippen LogP contribution in [-0.2, 0) is 10.5 Å². The van der Waals surface area contributed by atoms with Gasteiger partial charge in [-0.3, -0.25) is 9.88 Å². The normalized spacial score (nSPS) is 22.8. The van der Waals surface area contributed by atoms with E-state index in [1.165, 1.54) is 0 Å². The lowest BCUT2D eigenvalue weighted by Gasteiger charge is -2.29. The summed E-state index contributed by atoms with van der Waals surface area (Å²) in [4.78, 5) is 18.3. The number of carbonyl (C=O) groups is 1. The lowest BCUT2D eigenvalue weighted by Crippen LogP contribution is -2.36. The van der Waals surface area contributed by atoms with Gasteiger partial charge in [-0.2, -0.15) is 0 Å². The summed E-state index contributed by atoms with van der Waals surface area (Å²) >= 11 is 5.96. The number of aromatic nitrogens is 1. The lowest BCUT2D eigenvalue weighted by atomic mass is 9.92. The molecule has 1 aromatic carbocycles. The van der Waals surface area contributed by atoms with Gasteiger partial charge < -0.3 is 14.2 Å². The molecule has 0 radical (unpaired) electrons. The van der Waals surface area contributed by atoms with E-state index in [-0.39, 0.29) is 12.0 Å². The van der Waals surface area contributed by atoms with Crippen LogP contribution in [0.3, 0.4) is 0 Å². The number of halogens is 1. The molecule has 0 bridgehead atoms. The Bertz CT molecular complexity index is 984. The summed E-state index contributed by atoms with van der Waals surface area (Å²) in [7, 11) is 0. The van der Waals surface area contributed by atoms with E-state index in [2.05, 4.69) is 4.98 Å². The molecule has 3 heterocycles. The maximum atomic E-state index is 12.3. The van der Waals surface area contributed by atoms with Crippen LogP contribution >= 0.6 is 11.6 Å². The fourth-order valence-corrected chi connectivity index (χ4v) is 3.69. The van der Waals surface area contributed by atoms with Crippen molar-refractivity contribution < 1.29 is 19.0 Å². The Morgan fingerprint density at radius 2 is 2.07 bits per heavy atom. The Labute approximate surface area is 181 Å². The number of ether oxygens (including phenoxy) is 3. The van der Waals surface area contributed by atoms with Gasteiger partial charge in [0, 0.05) is 37.3 Å². The van der Waals surface area contributed by atoms with E-state index in [1.54, 1.807) is 29.4 Å². The van der Waals surface area contributed by atoms with E-state index in [0.29, 0.717) is 28.8 Å².